The van der Waals surface area contributed by atoms with Gasteiger partial charge in [0.15, 0.2) is 0 Å². The summed E-state index contributed by atoms with van der Waals surface area (Å²) in [4.78, 5) is 0. The van der Waals surface area contributed by atoms with Crippen molar-refractivity contribution >= 4 is 0 Å². The third kappa shape index (κ3) is 3.09. The third-order valence-corrected chi connectivity index (χ3v) is 3.47. The van der Waals surface area contributed by atoms with E-state index in [9.17, 15) is 0 Å². The molecule has 1 aromatic carbocycles. The second-order valence-corrected chi connectivity index (χ2v) is 4.66. The fraction of sp³-hybridized carbons (Fsp3) is 0.533. The molecule has 15 heavy (non-hydrogen) atoms. The summed E-state index contributed by atoms with van der Waals surface area (Å²) in [5, 5.41) is 0. The van der Waals surface area contributed by atoms with Crippen LogP contribution in [0.25, 0.3) is 0 Å². The van der Waals surface area contributed by atoms with E-state index < -0.39 is 0 Å². The molecule has 0 nitrogen and oxygen atoms in total. The van der Waals surface area contributed by atoms with E-state index in [1.165, 1.54) is 43.2 Å². The summed E-state index contributed by atoms with van der Waals surface area (Å²) >= 11 is 0. The second kappa shape index (κ2) is 5.34. The summed E-state index contributed by atoms with van der Waals surface area (Å²) in [6.45, 7) is 2.21. The molecule has 0 spiro atoms. The Hall–Kier alpha value is -0.780. The summed E-state index contributed by atoms with van der Waals surface area (Å²) in [6.07, 6.45) is 10.7. The largest absolute Gasteiger partial charge is 0.0613 e. The van der Waals surface area contributed by atoms with Gasteiger partial charge < -0.3 is 0 Å². The molecule has 2 rings (SSSR count). The van der Waals surface area contributed by atoms with Crippen LogP contribution in [-0.4, -0.2) is 0 Å². The van der Waals surface area contributed by atoms with Gasteiger partial charge in [-0.3, -0.25) is 0 Å². The first-order valence-corrected chi connectivity index (χ1v) is 6.32. The molecule has 0 aromatic heterocycles. The van der Waals surface area contributed by atoms with Gasteiger partial charge in [0, 0.05) is 0 Å². The highest BCUT2D eigenvalue weighted by molar-refractivity contribution is 5.28. The molecule has 0 heterocycles. The van der Waals surface area contributed by atoms with Gasteiger partial charge in [-0.05, 0) is 42.7 Å². The van der Waals surface area contributed by atoms with E-state index in [0.717, 1.165) is 12.3 Å². The quantitative estimate of drug-likeness (QED) is 0.680. The van der Waals surface area contributed by atoms with Crippen LogP contribution in [0.1, 0.15) is 50.2 Å². The van der Waals surface area contributed by atoms with Crippen molar-refractivity contribution in [3.8, 4) is 0 Å². The topological polar surface area (TPSA) is 0 Å². The number of benzene rings is 1. The van der Waals surface area contributed by atoms with Crippen molar-refractivity contribution in [3.05, 3.63) is 41.8 Å². The summed E-state index contributed by atoms with van der Waals surface area (Å²) in [5.74, 6) is 0.839. The first-order chi connectivity index (χ1) is 7.38. The Morgan fingerprint density at radius 2 is 1.73 bits per heavy atom. The zero-order valence-corrected chi connectivity index (χ0v) is 9.71. The molecule has 1 aliphatic carbocycles. The maximum Gasteiger partial charge on any atom is -0.00621 e. The van der Waals surface area contributed by atoms with E-state index >= 15 is 0 Å². The van der Waals surface area contributed by atoms with Gasteiger partial charge >= 0.3 is 0 Å². The van der Waals surface area contributed by atoms with Crippen LogP contribution in [0, 0.1) is 12.3 Å². The standard InChI is InChI=1S/C15H21/c1-2-13-8-10-15(11-9-13)12-14-6-4-3-5-7-14/h8-12,14H,2-7H2,1H3. The summed E-state index contributed by atoms with van der Waals surface area (Å²) in [7, 11) is 0. The Morgan fingerprint density at radius 3 is 2.33 bits per heavy atom. The molecule has 1 aliphatic rings. The zero-order chi connectivity index (χ0) is 10.5. The van der Waals surface area contributed by atoms with Crippen LogP contribution in [0.2, 0.25) is 0 Å². The summed E-state index contributed by atoms with van der Waals surface area (Å²) < 4.78 is 0. The predicted molar refractivity (Wildman–Crippen MR) is 65.8 cm³/mol. The minimum Gasteiger partial charge on any atom is -0.0613 e. The molecular weight excluding hydrogens is 180 g/mol. The van der Waals surface area contributed by atoms with Gasteiger partial charge in [-0.1, -0.05) is 50.5 Å². The van der Waals surface area contributed by atoms with Crippen molar-refractivity contribution in [1.82, 2.24) is 0 Å². The molecule has 1 fully saturated rings. The lowest BCUT2D eigenvalue weighted by atomic mass is 9.85. The molecule has 1 aromatic rings. The van der Waals surface area contributed by atoms with E-state index in [0.29, 0.717) is 0 Å². The predicted octanol–water partition coefficient (Wildman–Crippen LogP) is 4.38. The lowest BCUT2D eigenvalue weighted by Crippen LogP contribution is -2.07. The summed E-state index contributed by atoms with van der Waals surface area (Å²) in [5.41, 5.74) is 2.86. The Bertz CT molecular complexity index is 277. The normalized spacial score (nSPS) is 17.9. The first kappa shape index (κ1) is 10.7. The van der Waals surface area contributed by atoms with Crippen LogP contribution in [0.5, 0.6) is 0 Å². The molecule has 0 heteroatoms. The van der Waals surface area contributed by atoms with Gasteiger partial charge in [-0.15, -0.1) is 0 Å². The lowest BCUT2D eigenvalue weighted by molar-refractivity contribution is 0.403. The molecule has 0 amide bonds. The van der Waals surface area contributed by atoms with Gasteiger partial charge in [-0.25, -0.2) is 0 Å². The molecule has 0 N–H and O–H groups in total. The minimum atomic E-state index is 0.839. The van der Waals surface area contributed by atoms with Crippen LogP contribution in [0.15, 0.2) is 24.3 Å². The number of rotatable bonds is 3. The van der Waals surface area contributed by atoms with Crippen molar-refractivity contribution in [2.45, 2.75) is 45.4 Å². The zero-order valence-electron chi connectivity index (χ0n) is 9.71. The highest BCUT2D eigenvalue weighted by atomic mass is 14.2. The molecule has 0 aliphatic heterocycles. The molecule has 0 saturated heterocycles. The van der Waals surface area contributed by atoms with Crippen molar-refractivity contribution < 1.29 is 0 Å². The Labute approximate surface area is 93.7 Å². The monoisotopic (exact) mass is 201 g/mol. The Balaban J connectivity index is 1.91. The van der Waals surface area contributed by atoms with Crippen LogP contribution in [0.4, 0.5) is 0 Å². The molecular formula is C15H21. The van der Waals surface area contributed by atoms with Crippen molar-refractivity contribution in [2.75, 3.05) is 0 Å². The number of hydrogen-bond acceptors (Lipinski definition) is 0. The van der Waals surface area contributed by atoms with Gasteiger partial charge in [-0.2, -0.15) is 0 Å². The average molecular weight is 201 g/mol. The van der Waals surface area contributed by atoms with E-state index in [2.05, 4.69) is 37.6 Å². The average Bonchev–Trinajstić information content (AvgIpc) is 2.31. The summed E-state index contributed by atoms with van der Waals surface area (Å²) in [6, 6.07) is 9.06. The lowest BCUT2D eigenvalue weighted by Gasteiger charge is -2.21. The van der Waals surface area contributed by atoms with Crippen LogP contribution >= 0.6 is 0 Å². The molecule has 81 valence electrons. The van der Waals surface area contributed by atoms with Gasteiger partial charge in [0.25, 0.3) is 0 Å². The number of hydrogen-bond donors (Lipinski definition) is 0. The molecule has 1 radical (unpaired) electrons. The molecule has 0 bridgehead atoms. The second-order valence-electron chi connectivity index (χ2n) is 4.66. The van der Waals surface area contributed by atoms with E-state index in [1.807, 2.05) is 0 Å². The van der Waals surface area contributed by atoms with Gasteiger partial charge in [0.1, 0.15) is 0 Å². The SMILES string of the molecule is CCc1ccc([CH]C2CCCCC2)cc1. The highest BCUT2D eigenvalue weighted by Gasteiger charge is 2.13. The Morgan fingerprint density at radius 1 is 1.07 bits per heavy atom. The van der Waals surface area contributed by atoms with Crippen molar-refractivity contribution in [1.29, 1.82) is 0 Å². The van der Waals surface area contributed by atoms with Crippen LogP contribution in [-0.2, 0) is 6.42 Å². The van der Waals surface area contributed by atoms with Crippen molar-refractivity contribution in [2.24, 2.45) is 5.92 Å². The van der Waals surface area contributed by atoms with Crippen LogP contribution < -0.4 is 0 Å². The molecule has 0 atom stereocenters. The van der Waals surface area contributed by atoms with Gasteiger partial charge in [0.05, 0.1) is 0 Å². The number of aryl methyl sites for hydroxylation is 1. The Kier molecular flexibility index (Phi) is 3.82. The maximum atomic E-state index is 2.47. The third-order valence-electron chi connectivity index (χ3n) is 3.47. The fourth-order valence-corrected chi connectivity index (χ4v) is 2.44. The molecule has 1 saturated carbocycles. The van der Waals surface area contributed by atoms with E-state index in [-0.39, 0.29) is 0 Å². The maximum absolute atomic E-state index is 2.47. The van der Waals surface area contributed by atoms with E-state index in [4.69, 9.17) is 0 Å². The minimum absolute atomic E-state index is 0.839. The molecule has 0 unspecified atom stereocenters. The smallest absolute Gasteiger partial charge is 0.00621 e. The van der Waals surface area contributed by atoms with E-state index in [1.54, 1.807) is 0 Å². The fourth-order valence-electron chi connectivity index (χ4n) is 2.44. The highest BCUT2D eigenvalue weighted by Crippen LogP contribution is 2.28. The van der Waals surface area contributed by atoms with Crippen LogP contribution in [0.3, 0.4) is 0 Å². The van der Waals surface area contributed by atoms with Crippen molar-refractivity contribution in [3.63, 3.8) is 0 Å². The van der Waals surface area contributed by atoms with Gasteiger partial charge in [0.2, 0.25) is 0 Å². The first-order valence-electron chi connectivity index (χ1n) is 6.32.